The summed E-state index contributed by atoms with van der Waals surface area (Å²) in [6, 6.07) is 9.89. The molecule has 5 nitrogen and oxygen atoms in total. The highest BCUT2D eigenvalue weighted by Crippen LogP contribution is 2.22. The number of carboxylic acids is 1. The molecule has 1 aromatic rings. The third kappa shape index (κ3) is 5.78. The standard InChI is InChI=1S/C14H20NO4P/c15-10-9-13(19-20-18)12(14(16)17)8-4-7-11-5-2-1-3-6-11/h1-3,5-6,12-13H,4,7-10,15H2,(H,16,17). The highest BCUT2D eigenvalue weighted by molar-refractivity contribution is 7.17. The van der Waals surface area contributed by atoms with E-state index < -0.39 is 26.7 Å². The summed E-state index contributed by atoms with van der Waals surface area (Å²) in [5.41, 5.74) is 6.62. The Labute approximate surface area is 120 Å². The molecule has 0 radical (unpaired) electrons. The molecule has 0 bridgehead atoms. The number of rotatable bonds is 10. The maximum atomic E-state index is 11.3. The number of hydrogen-bond acceptors (Lipinski definition) is 4. The zero-order chi connectivity index (χ0) is 14.8. The normalized spacial score (nSPS) is 14.1. The summed E-state index contributed by atoms with van der Waals surface area (Å²) in [7, 11) is -0.501. The van der Waals surface area contributed by atoms with Gasteiger partial charge in [-0.1, -0.05) is 30.3 Å². The molecular formula is C14H20NO4P. The second kappa shape index (κ2) is 9.59. The van der Waals surface area contributed by atoms with E-state index in [0.717, 1.165) is 12.8 Å². The molecule has 1 rings (SSSR count). The van der Waals surface area contributed by atoms with Crippen molar-refractivity contribution in [1.82, 2.24) is 0 Å². The van der Waals surface area contributed by atoms with Crippen LogP contribution in [0.3, 0.4) is 0 Å². The van der Waals surface area contributed by atoms with Gasteiger partial charge in [0.1, 0.15) is 0 Å². The van der Waals surface area contributed by atoms with E-state index in [9.17, 15) is 14.5 Å². The third-order valence-corrected chi connectivity index (χ3v) is 3.58. The molecule has 1 aromatic carbocycles. The van der Waals surface area contributed by atoms with Crippen molar-refractivity contribution in [3.63, 3.8) is 0 Å². The summed E-state index contributed by atoms with van der Waals surface area (Å²) in [4.78, 5) is 11.3. The maximum Gasteiger partial charge on any atom is 0.327 e. The summed E-state index contributed by atoms with van der Waals surface area (Å²) >= 11 is 0. The lowest BCUT2D eigenvalue weighted by Gasteiger charge is -2.20. The van der Waals surface area contributed by atoms with Gasteiger partial charge in [0.25, 0.3) is 0 Å². The van der Waals surface area contributed by atoms with E-state index in [-0.39, 0.29) is 0 Å². The molecule has 0 heterocycles. The van der Waals surface area contributed by atoms with Gasteiger partial charge in [-0.2, -0.15) is 0 Å². The van der Waals surface area contributed by atoms with E-state index in [1.807, 2.05) is 30.3 Å². The fourth-order valence-corrected chi connectivity index (χ4v) is 2.55. The summed E-state index contributed by atoms with van der Waals surface area (Å²) in [6.45, 7) is 0.308. The predicted octanol–water partition coefficient (Wildman–Crippen LogP) is 2.65. The van der Waals surface area contributed by atoms with Crippen molar-refractivity contribution < 1.29 is 19.0 Å². The molecule has 0 saturated heterocycles. The molecular weight excluding hydrogens is 277 g/mol. The molecule has 0 aliphatic carbocycles. The van der Waals surface area contributed by atoms with Crippen LogP contribution in [0.25, 0.3) is 0 Å². The van der Waals surface area contributed by atoms with E-state index in [0.29, 0.717) is 19.4 Å². The van der Waals surface area contributed by atoms with E-state index >= 15 is 0 Å². The highest BCUT2D eigenvalue weighted by Gasteiger charge is 2.28. The van der Waals surface area contributed by atoms with E-state index in [1.165, 1.54) is 5.56 Å². The Morgan fingerprint density at radius 1 is 1.30 bits per heavy atom. The average molecular weight is 297 g/mol. The third-order valence-electron chi connectivity index (χ3n) is 3.22. The van der Waals surface area contributed by atoms with Gasteiger partial charge in [0.2, 0.25) is 0 Å². The van der Waals surface area contributed by atoms with Gasteiger partial charge < -0.3 is 10.8 Å². The molecule has 0 spiro atoms. The van der Waals surface area contributed by atoms with Crippen LogP contribution in [-0.4, -0.2) is 23.7 Å². The monoisotopic (exact) mass is 297 g/mol. The number of benzene rings is 1. The van der Waals surface area contributed by atoms with Gasteiger partial charge in [0, 0.05) is 0 Å². The van der Waals surface area contributed by atoms with Gasteiger partial charge >= 0.3 is 14.7 Å². The minimum atomic E-state index is -0.930. The summed E-state index contributed by atoms with van der Waals surface area (Å²) in [5.74, 6) is -1.61. The van der Waals surface area contributed by atoms with Gasteiger partial charge in [-0.15, -0.1) is 0 Å². The molecule has 2 unspecified atom stereocenters. The number of aryl methyl sites for hydroxylation is 1. The van der Waals surface area contributed by atoms with Gasteiger partial charge in [0.05, 0.1) is 12.0 Å². The first-order valence-corrected chi connectivity index (χ1v) is 7.37. The molecule has 0 saturated carbocycles. The van der Waals surface area contributed by atoms with Gasteiger partial charge in [-0.3, -0.25) is 9.32 Å². The van der Waals surface area contributed by atoms with Crippen molar-refractivity contribution in [2.45, 2.75) is 31.8 Å². The van der Waals surface area contributed by atoms with Crippen LogP contribution in [0, 0.1) is 5.92 Å². The fraction of sp³-hybridized carbons (Fsp3) is 0.500. The molecule has 0 fully saturated rings. The average Bonchev–Trinajstić information content (AvgIpc) is 2.44. The molecule has 0 aromatic heterocycles. The van der Waals surface area contributed by atoms with E-state index in [1.54, 1.807) is 0 Å². The molecule has 0 amide bonds. The zero-order valence-corrected chi connectivity index (χ0v) is 12.2. The first-order chi connectivity index (χ1) is 9.69. The molecule has 0 aliphatic rings. The number of carbonyl (C=O) groups is 1. The van der Waals surface area contributed by atoms with Crippen LogP contribution in [0.1, 0.15) is 24.8 Å². The Kier molecular flexibility index (Phi) is 8.04. The van der Waals surface area contributed by atoms with Crippen molar-refractivity contribution in [1.29, 1.82) is 0 Å². The number of aliphatic carboxylic acids is 1. The van der Waals surface area contributed by atoms with Gasteiger partial charge in [-0.25, -0.2) is 4.57 Å². The minimum Gasteiger partial charge on any atom is -0.481 e. The van der Waals surface area contributed by atoms with Gasteiger partial charge in [0.15, 0.2) is 0 Å². The van der Waals surface area contributed by atoms with Crippen molar-refractivity contribution in [3.8, 4) is 0 Å². The fourth-order valence-electron chi connectivity index (χ4n) is 2.19. The topological polar surface area (TPSA) is 89.6 Å². The molecule has 110 valence electrons. The molecule has 20 heavy (non-hydrogen) atoms. The molecule has 3 N–H and O–H groups in total. The van der Waals surface area contributed by atoms with Crippen LogP contribution in [0.2, 0.25) is 0 Å². The second-order valence-electron chi connectivity index (χ2n) is 4.62. The number of nitrogens with two attached hydrogens (primary N) is 1. The van der Waals surface area contributed by atoms with Crippen molar-refractivity contribution in [2.24, 2.45) is 11.7 Å². The lowest BCUT2D eigenvalue weighted by atomic mass is 9.93. The summed E-state index contributed by atoms with van der Waals surface area (Å²) in [6.07, 6.45) is 1.81. The lowest BCUT2D eigenvalue weighted by Crippen LogP contribution is -2.31. The van der Waals surface area contributed by atoms with Crippen LogP contribution in [0.5, 0.6) is 0 Å². The Morgan fingerprint density at radius 3 is 2.55 bits per heavy atom. The van der Waals surface area contributed by atoms with Crippen molar-refractivity contribution in [3.05, 3.63) is 35.9 Å². The SMILES string of the molecule is NCCC(OP=O)C(CCCc1ccccc1)C(=O)O. The Balaban J connectivity index is 2.53. The van der Waals surface area contributed by atoms with Crippen LogP contribution in [0.15, 0.2) is 30.3 Å². The predicted molar refractivity (Wildman–Crippen MR) is 76.7 cm³/mol. The number of carboxylic acid groups (broad SMARTS) is 1. The van der Waals surface area contributed by atoms with Crippen molar-refractivity contribution in [2.75, 3.05) is 6.54 Å². The van der Waals surface area contributed by atoms with Crippen LogP contribution in [0.4, 0.5) is 0 Å². The smallest absolute Gasteiger partial charge is 0.327 e. The Hall–Kier alpha value is -1.29. The molecule has 6 heteroatoms. The maximum absolute atomic E-state index is 11.3. The quantitative estimate of drug-likeness (QED) is 0.648. The molecule has 2 atom stereocenters. The molecule has 0 aliphatic heterocycles. The van der Waals surface area contributed by atoms with Crippen LogP contribution in [-0.2, 0) is 20.3 Å². The number of hydrogen-bond donors (Lipinski definition) is 2. The van der Waals surface area contributed by atoms with Crippen LogP contribution >= 0.6 is 8.69 Å². The van der Waals surface area contributed by atoms with E-state index in [2.05, 4.69) is 0 Å². The first-order valence-electron chi connectivity index (χ1n) is 6.64. The lowest BCUT2D eigenvalue weighted by molar-refractivity contribution is -0.145. The second-order valence-corrected chi connectivity index (χ2v) is 4.98. The van der Waals surface area contributed by atoms with Crippen molar-refractivity contribution >= 4 is 14.7 Å². The Bertz CT molecular complexity index is 413. The first kappa shape index (κ1) is 16.8. The van der Waals surface area contributed by atoms with E-state index in [4.69, 9.17) is 10.3 Å². The highest BCUT2D eigenvalue weighted by atomic mass is 31.1. The zero-order valence-electron chi connectivity index (χ0n) is 11.3. The Morgan fingerprint density at radius 2 is 2.00 bits per heavy atom. The largest absolute Gasteiger partial charge is 0.481 e. The van der Waals surface area contributed by atoms with Crippen LogP contribution < -0.4 is 5.73 Å². The van der Waals surface area contributed by atoms with Gasteiger partial charge in [-0.05, 0) is 37.8 Å². The summed E-state index contributed by atoms with van der Waals surface area (Å²) in [5, 5.41) is 9.27. The summed E-state index contributed by atoms with van der Waals surface area (Å²) < 4.78 is 15.5. The minimum absolute atomic E-state index is 0.308.